The van der Waals surface area contributed by atoms with Crippen molar-refractivity contribution in [1.82, 2.24) is 0 Å². The van der Waals surface area contributed by atoms with Crippen LogP contribution in [0.3, 0.4) is 0 Å². The quantitative estimate of drug-likeness (QED) is 0.804. The molecule has 21 heavy (non-hydrogen) atoms. The van der Waals surface area contributed by atoms with Crippen LogP contribution in [-0.4, -0.2) is 6.61 Å². The molecule has 2 N–H and O–H groups in total. The summed E-state index contributed by atoms with van der Waals surface area (Å²) in [4.78, 5) is 0. The molecule has 1 aliphatic rings. The van der Waals surface area contributed by atoms with Gasteiger partial charge in [0, 0.05) is 20.9 Å². The summed E-state index contributed by atoms with van der Waals surface area (Å²) in [5.41, 5.74) is 9.70. The molecule has 1 aliphatic heterocycles. The molecule has 1 atom stereocenters. The summed E-state index contributed by atoms with van der Waals surface area (Å²) >= 11 is 7.10. The zero-order valence-corrected chi connectivity index (χ0v) is 15.0. The number of benzene rings is 2. The standard InChI is InChI=1S/C17H17Br2NO/c1-17(20,13-3-2-4-14(18)9-13)10-12-8-15(19)7-11-5-6-21-16(11)12/h2-4,7-9H,5-6,10,20H2,1H3. The summed E-state index contributed by atoms with van der Waals surface area (Å²) < 4.78 is 7.94. The summed E-state index contributed by atoms with van der Waals surface area (Å²) in [5, 5.41) is 0. The molecule has 1 unspecified atom stereocenters. The van der Waals surface area contributed by atoms with Crippen LogP contribution in [0.2, 0.25) is 0 Å². The van der Waals surface area contributed by atoms with Crippen LogP contribution in [-0.2, 0) is 18.4 Å². The molecule has 2 aromatic carbocycles. The third-order valence-corrected chi connectivity index (χ3v) is 4.82. The molecule has 2 nitrogen and oxygen atoms in total. The number of rotatable bonds is 3. The van der Waals surface area contributed by atoms with Gasteiger partial charge < -0.3 is 10.5 Å². The lowest BCUT2D eigenvalue weighted by Gasteiger charge is -2.26. The van der Waals surface area contributed by atoms with Crippen LogP contribution in [0.1, 0.15) is 23.6 Å². The molecule has 2 aromatic rings. The average molecular weight is 411 g/mol. The second kappa shape index (κ2) is 5.75. The van der Waals surface area contributed by atoms with E-state index in [4.69, 9.17) is 10.5 Å². The molecular weight excluding hydrogens is 394 g/mol. The Morgan fingerprint density at radius 1 is 1.19 bits per heavy atom. The summed E-state index contributed by atoms with van der Waals surface area (Å²) in [7, 11) is 0. The van der Waals surface area contributed by atoms with Crippen LogP contribution < -0.4 is 10.5 Å². The van der Waals surface area contributed by atoms with Gasteiger partial charge in [-0.1, -0.05) is 44.0 Å². The molecule has 0 aromatic heterocycles. The molecule has 3 rings (SSSR count). The number of hydrogen-bond acceptors (Lipinski definition) is 2. The molecule has 0 aliphatic carbocycles. The van der Waals surface area contributed by atoms with Gasteiger partial charge in [-0.05, 0) is 54.3 Å². The van der Waals surface area contributed by atoms with Crippen LogP contribution in [0.25, 0.3) is 0 Å². The van der Waals surface area contributed by atoms with Gasteiger partial charge in [0.25, 0.3) is 0 Å². The van der Waals surface area contributed by atoms with Crippen molar-refractivity contribution in [1.29, 1.82) is 0 Å². The van der Waals surface area contributed by atoms with E-state index in [2.05, 4.69) is 63.0 Å². The highest BCUT2D eigenvalue weighted by Crippen LogP contribution is 2.36. The third kappa shape index (κ3) is 3.17. The third-order valence-electron chi connectivity index (χ3n) is 3.87. The smallest absolute Gasteiger partial charge is 0.125 e. The Balaban J connectivity index is 1.96. The van der Waals surface area contributed by atoms with Crippen LogP contribution >= 0.6 is 31.9 Å². The zero-order valence-electron chi connectivity index (χ0n) is 11.8. The zero-order chi connectivity index (χ0) is 15.0. The second-order valence-electron chi connectivity index (χ2n) is 5.76. The normalized spacial score (nSPS) is 16.2. The Labute approximate surface area is 141 Å². The van der Waals surface area contributed by atoms with Gasteiger partial charge in [-0.25, -0.2) is 0 Å². The van der Waals surface area contributed by atoms with E-state index < -0.39 is 5.54 Å². The Morgan fingerprint density at radius 2 is 2.00 bits per heavy atom. The van der Waals surface area contributed by atoms with E-state index in [1.165, 1.54) is 11.1 Å². The van der Waals surface area contributed by atoms with Crippen molar-refractivity contribution in [3.63, 3.8) is 0 Å². The Kier molecular flexibility index (Phi) is 4.12. The minimum atomic E-state index is -0.440. The SMILES string of the molecule is CC(N)(Cc1cc(Br)cc2c1OCC2)c1cccc(Br)c1. The van der Waals surface area contributed by atoms with E-state index >= 15 is 0 Å². The van der Waals surface area contributed by atoms with Gasteiger partial charge in [0.15, 0.2) is 0 Å². The number of fused-ring (bicyclic) bond motifs is 1. The molecule has 110 valence electrons. The van der Waals surface area contributed by atoms with E-state index in [0.717, 1.165) is 39.7 Å². The highest BCUT2D eigenvalue weighted by atomic mass is 79.9. The Morgan fingerprint density at radius 3 is 2.76 bits per heavy atom. The first-order valence-corrected chi connectivity index (χ1v) is 8.53. The van der Waals surface area contributed by atoms with Crippen molar-refractivity contribution in [2.45, 2.75) is 25.3 Å². The highest BCUT2D eigenvalue weighted by Gasteiger charge is 2.26. The fraction of sp³-hybridized carbons (Fsp3) is 0.294. The molecule has 0 saturated carbocycles. The van der Waals surface area contributed by atoms with E-state index in [9.17, 15) is 0 Å². The topological polar surface area (TPSA) is 35.2 Å². The van der Waals surface area contributed by atoms with Crippen molar-refractivity contribution in [2.75, 3.05) is 6.61 Å². The monoisotopic (exact) mass is 409 g/mol. The van der Waals surface area contributed by atoms with Crippen LogP contribution in [0.15, 0.2) is 45.3 Å². The van der Waals surface area contributed by atoms with Crippen molar-refractivity contribution < 1.29 is 4.74 Å². The summed E-state index contributed by atoms with van der Waals surface area (Å²) in [6.45, 7) is 2.83. The molecule has 1 heterocycles. The predicted molar refractivity (Wildman–Crippen MR) is 92.7 cm³/mol. The number of nitrogens with two attached hydrogens (primary N) is 1. The molecule has 0 amide bonds. The van der Waals surface area contributed by atoms with Crippen LogP contribution in [0, 0.1) is 0 Å². The lowest BCUT2D eigenvalue weighted by Crippen LogP contribution is -2.35. The molecule has 0 fully saturated rings. The van der Waals surface area contributed by atoms with Crippen molar-refractivity contribution in [3.8, 4) is 5.75 Å². The second-order valence-corrected chi connectivity index (χ2v) is 7.59. The van der Waals surface area contributed by atoms with Gasteiger partial charge in [-0.15, -0.1) is 0 Å². The van der Waals surface area contributed by atoms with Crippen molar-refractivity contribution in [2.24, 2.45) is 5.73 Å². The number of ether oxygens (including phenoxy) is 1. The van der Waals surface area contributed by atoms with Gasteiger partial charge in [0.05, 0.1) is 6.61 Å². The minimum Gasteiger partial charge on any atom is -0.493 e. The maximum Gasteiger partial charge on any atom is 0.125 e. The summed E-state index contributed by atoms with van der Waals surface area (Å²) in [6.07, 6.45) is 1.71. The van der Waals surface area contributed by atoms with Crippen molar-refractivity contribution in [3.05, 3.63) is 62.0 Å². The van der Waals surface area contributed by atoms with Gasteiger partial charge in [0.1, 0.15) is 5.75 Å². The first-order chi connectivity index (χ1) is 9.95. The molecule has 0 bridgehead atoms. The summed E-state index contributed by atoms with van der Waals surface area (Å²) in [5.74, 6) is 1.02. The number of halogens is 2. The first kappa shape index (κ1) is 15.1. The van der Waals surface area contributed by atoms with E-state index in [0.29, 0.717) is 0 Å². The average Bonchev–Trinajstić information content (AvgIpc) is 2.86. The summed E-state index contributed by atoms with van der Waals surface area (Å²) in [6, 6.07) is 12.4. The molecular formula is C17H17Br2NO. The fourth-order valence-electron chi connectivity index (χ4n) is 2.82. The lowest BCUT2D eigenvalue weighted by molar-refractivity contribution is 0.349. The fourth-order valence-corrected chi connectivity index (χ4v) is 3.77. The van der Waals surface area contributed by atoms with E-state index in [1.807, 2.05) is 12.1 Å². The van der Waals surface area contributed by atoms with E-state index in [-0.39, 0.29) is 0 Å². The van der Waals surface area contributed by atoms with Gasteiger partial charge in [-0.3, -0.25) is 0 Å². The molecule has 0 radical (unpaired) electrons. The largest absolute Gasteiger partial charge is 0.493 e. The van der Waals surface area contributed by atoms with Crippen LogP contribution in [0.4, 0.5) is 0 Å². The van der Waals surface area contributed by atoms with Crippen LogP contribution in [0.5, 0.6) is 5.75 Å². The Hall–Kier alpha value is -0.840. The molecule has 0 saturated heterocycles. The Bertz CT molecular complexity index is 682. The molecule has 4 heteroatoms. The van der Waals surface area contributed by atoms with Crippen molar-refractivity contribution >= 4 is 31.9 Å². The molecule has 0 spiro atoms. The predicted octanol–water partition coefficient (Wildman–Crippen LogP) is 4.56. The van der Waals surface area contributed by atoms with Gasteiger partial charge in [0.2, 0.25) is 0 Å². The minimum absolute atomic E-state index is 0.440. The lowest BCUT2D eigenvalue weighted by atomic mass is 9.86. The number of hydrogen-bond donors (Lipinski definition) is 1. The maximum absolute atomic E-state index is 6.59. The van der Waals surface area contributed by atoms with E-state index in [1.54, 1.807) is 0 Å². The highest BCUT2D eigenvalue weighted by molar-refractivity contribution is 9.10. The first-order valence-electron chi connectivity index (χ1n) is 6.95. The van der Waals surface area contributed by atoms with Gasteiger partial charge in [-0.2, -0.15) is 0 Å². The van der Waals surface area contributed by atoms with Gasteiger partial charge >= 0.3 is 0 Å². The maximum atomic E-state index is 6.59.